The molecule has 1 unspecified atom stereocenters. The number of hydrogen-bond donors (Lipinski definition) is 2. The monoisotopic (exact) mass is 291 g/mol. The molecule has 116 valence electrons. The lowest BCUT2D eigenvalue weighted by Gasteiger charge is -2.28. The Hall–Kier alpha value is -1.59. The summed E-state index contributed by atoms with van der Waals surface area (Å²) in [4.78, 5) is 14.2. The van der Waals surface area contributed by atoms with E-state index in [1.807, 2.05) is 24.3 Å². The fourth-order valence-electron chi connectivity index (χ4n) is 2.37. The first kappa shape index (κ1) is 15.8. The van der Waals surface area contributed by atoms with Gasteiger partial charge in [-0.1, -0.05) is 19.8 Å². The van der Waals surface area contributed by atoms with Crippen LogP contribution >= 0.6 is 0 Å². The maximum absolute atomic E-state index is 11.9. The van der Waals surface area contributed by atoms with Crippen LogP contribution < -0.4 is 16.0 Å². The molecule has 0 bridgehead atoms. The Morgan fingerprint density at radius 3 is 2.62 bits per heavy atom. The predicted molar refractivity (Wildman–Crippen MR) is 85.6 cm³/mol. The van der Waals surface area contributed by atoms with Gasteiger partial charge in [-0.15, -0.1) is 0 Å². The van der Waals surface area contributed by atoms with Gasteiger partial charge in [0.05, 0.1) is 19.3 Å². The van der Waals surface area contributed by atoms with Crippen LogP contribution in [0.25, 0.3) is 0 Å². The van der Waals surface area contributed by atoms with E-state index in [0.717, 1.165) is 56.9 Å². The highest BCUT2D eigenvalue weighted by molar-refractivity contribution is 5.94. The Morgan fingerprint density at radius 1 is 1.33 bits per heavy atom. The number of anilines is 2. The number of nitrogens with two attached hydrogens (primary N) is 1. The maximum atomic E-state index is 11.9. The van der Waals surface area contributed by atoms with Gasteiger partial charge in [-0.2, -0.15) is 0 Å². The number of hydrogen-bond acceptors (Lipinski definition) is 4. The van der Waals surface area contributed by atoms with Gasteiger partial charge in [-0.3, -0.25) is 4.79 Å². The fraction of sp³-hybridized carbons (Fsp3) is 0.562. The van der Waals surface area contributed by atoms with E-state index < -0.39 is 6.04 Å². The summed E-state index contributed by atoms with van der Waals surface area (Å²) in [6.07, 6.45) is 2.76. The van der Waals surface area contributed by atoms with Gasteiger partial charge in [0.2, 0.25) is 5.91 Å². The van der Waals surface area contributed by atoms with Crippen LogP contribution in [0.3, 0.4) is 0 Å². The lowest BCUT2D eigenvalue weighted by Crippen LogP contribution is -2.36. The van der Waals surface area contributed by atoms with Gasteiger partial charge in [0, 0.05) is 24.5 Å². The first-order valence-electron chi connectivity index (χ1n) is 7.70. The van der Waals surface area contributed by atoms with E-state index in [1.54, 1.807) is 0 Å². The molecule has 0 radical (unpaired) electrons. The van der Waals surface area contributed by atoms with Crippen LogP contribution in [0.2, 0.25) is 0 Å². The third-order valence-corrected chi connectivity index (χ3v) is 3.72. The number of benzene rings is 1. The van der Waals surface area contributed by atoms with Crippen molar-refractivity contribution in [1.29, 1.82) is 0 Å². The third-order valence-electron chi connectivity index (χ3n) is 3.72. The summed E-state index contributed by atoms with van der Waals surface area (Å²) in [6, 6.07) is 7.48. The molecule has 1 amide bonds. The minimum atomic E-state index is -0.427. The smallest absolute Gasteiger partial charge is 0.241 e. The summed E-state index contributed by atoms with van der Waals surface area (Å²) in [5.41, 5.74) is 7.82. The van der Waals surface area contributed by atoms with Crippen LogP contribution in [0, 0.1) is 0 Å². The van der Waals surface area contributed by atoms with Crippen LogP contribution in [0.5, 0.6) is 0 Å². The zero-order valence-electron chi connectivity index (χ0n) is 12.7. The van der Waals surface area contributed by atoms with E-state index in [4.69, 9.17) is 10.5 Å². The number of unbranched alkanes of at least 4 members (excludes halogenated alkanes) is 1. The van der Waals surface area contributed by atoms with E-state index in [2.05, 4.69) is 17.1 Å². The lowest BCUT2D eigenvalue weighted by molar-refractivity contribution is -0.117. The van der Waals surface area contributed by atoms with Crippen LogP contribution in [0.15, 0.2) is 24.3 Å². The molecule has 1 fully saturated rings. The molecule has 1 atom stereocenters. The largest absolute Gasteiger partial charge is 0.378 e. The Labute approximate surface area is 126 Å². The first-order chi connectivity index (χ1) is 10.2. The summed E-state index contributed by atoms with van der Waals surface area (Å²) >= 11 is 0. The second kappa shape index (κ2) is 8.00. The van der Waals surface area contributed by atoms with Crippen molar-refractivity contribution in [3.05, 3.63) is 24.3 Å². The van der Waals surface area contributed by atoms with Crippen molar-refractivity contribution in [3.8, 4) is 0 Å². The quantitative estimate of drug-likeness (QED) is 0.841. The second-order valence-corrected chi connectivity index (χ2v) is 5.38. The summed E-state index contributed by atoms with van der Waals surface area (Å²) < 4.78 is 5.34. The molecule has 2 rings (SSSR count). The minimum absolute atomic E-state index is 0.109. The topological polar surface area (TPSA) is 67.6 Å². The maximum Gasteiger partial charge on any atom is 0.241 e. The van der Waals surface area contributed by atoms with E-state index in [0.29, 0.717) is 0 Å². The van der Waals surface area contributed by atoms with Gasteiger partial charge in [0.25, 0.3) is 0 Å². The van der Waals surface area contributed by atoms with Gasteiger partial charge in [-0.25, -0.2) is 0 Å². The molecule has 1 heterocycles. The normalized spacial score (nSPS) is 16.6. The highest BCUT2D eigenvalue weighted by Crippen LogP contribution is 2.19. The molecule has 1 aromatic rings. The molecular weight excluding hydrogens is 266 g/mol. The van der Waals surface area contributed by atoms with E-state index in [-0.39, 0.29) is 5.91 Å². The van der Waals surface area contributed by atoms with Gasteiger partial charge >= 0.3 is 0 Å². The number of nitrogens with one attached hydrogen (secondary N) is 1. The predicted octanol–water partition coefficient (Wildman–Crippen LogP) is 1.98. The molecule has 1 aliphatic rings. The Bertz CT molecular complexity index is 441. The molecule has 1 aromatic carbocycles. The van der Waals surface area contributed by atoms with Crippen molar-refractivity contribution in [3.63, 3.8) is 0 Å². The van der Waals surface area contributed by atoms with Crippen molar-refractivity contribution >= 4 is 17.3 Å². The standard InChI is InChI=1S/C16H25N3O2/c1-2-3-4-15(17)16(20)18-13-5-7-14(8-6-13)19-9-11-21-12-10-19/h5-8,15H,2-4,9-12,17H2,1H3,(H,18,20). The van der Waals surface area contributed by atoms with Crippen molar-refractivity contribution in [2.24, 2.45) is 5.73 Å². The molecule has 0 aliphatic carbocycles. The van der Waals surface area contributed by atoms with Gasteiger partial charge in [-0.05, 0) is 30.7 Å². The molecule has 3 N–H and O–H groups in total. The Morgan fingerprint density at radius 2 is 2.00 bits per heavy atom. The van der Waals surface area contributed by atoms with Gasteiger partial charge in [0.15, 0.2) is 0 Å². The molecule has 1 saturated heterocycles. The van der Waals surface area contributed by atoms with E-state index in [9.17, 15) is 4.79 Å². The molecular formula is C16H25N3O2. The summed E-state index contributed by atoms with van der Waals surface area (Å²) in [6.45, 7) is 5.45. The van der Waals surface area contributed by atoms with Gasteiger partial charge in [0.1, 0.15) is 0 Å². The average molecular weight is 291 g/mol. The Balaban J connectivity index is 1.88. The highest BCUT2D eigenvalue weighted by atomic mass is 16.5. The van der Waals surface area contributed by atoms with Crippen LogP contribution in [0.1, 0.15) is 26.2 Å². The number of carbonyl (C=O) groups excluding carboxylic acids is 1. The SMILES string of the molecule is CCCCC(N)C(=O)Nc1ccc(N2CCOCC2)cc1. The molecule has 0 saturated carbocycles. The number of ether oxygens (including phenoxy) is 1. The van der Waals surface area contributed by atoms with Crippen LogP contribution in [-0.4, -0.2) is 38.3 Å². The van der Waals surface area contributed by atoms with E-state index >= 15 is 0 Å². The minimum Gasteiger partial charge on any atom is -0.378 e. The van der Waals surface area contributed by atoms with Gasteiger partial charge < -0.3 is 20.7 Å². The number of carbonyl (C=O) groups is 1. The zero-order valence-corrected chi connectivity index (χ0v) is 12.7. The molecule has 0 spiro atoms. The summed E-state index contributed by atoms with van der Waals surface area (Å²) in [5.74, 6) is -0.109. The highest BCUT2D eigenvalue weighted by Gasteiger charge is 2.14. The first-order valence-corrected chi connectivity index (χ1v) is 7.70. The lowest BCUT2D eigenvalue weighted by atomic mass is 10.1. The Kier molecular flexibility index (Phi) is 6.02. The second-order valence-electron chi connectivity index (χ2n) is 5.38. The number of morpholine rings is 1. The van der Waals surface area contributed by atoms with Crippen molar-refractivity contribution in [1.82, 2.24) is 0 Å². The summed E-state index contributed by atoms with van der Waals surface area (Å²) in [5, 5.41) is 2.87. The third kappa shape index (κ3) is 4.72. The summed E-state index contributed by atoms with van der Waals surface area (Å²) in [7, 11) is 0. The number of nitrogens with zero attached hydrogens (tertiary/aromatic N) is 1. The number of rotatable bonds is 6. The van der Waals surface area contributed by atoms with Crippen molar-refractivity contribution < 1.29 is 9.53 Å². The van der Waals surface area contributed by atoms with Crippen LogP contribution in [0.4, 0.5) is 11.4 Å². The average Bonchev–Trinajstić information content (AvgIpc) is 2.54. The van der Waals surface area contributed by atoms with E-state index in [1.165, 1.54) is 0 Å². The molecule has 5 nitrogen and oxygen atoms in total. The molecule has 1 aliphatic heterocycles. The molecule has 21 heavy (non-hydrogen) atoms. The van der Waals surface area contributed by atoms with Crippen LogP contribution in [-0.2, 0) is 9.53 Å². The zero-order chi connectivity index (χ0) is 15.1. The fourth-order valence-corrected chi connectivity index (χ4v) is 2.37. The van der Waals surface area contributed by atoms with Crippen molar-refractivity contribution in [2.75, 3.05) is 36.5 Å². The molecule has 5 heteroatoms. The molecule has 0 aromatic heterocycles. The van der Waals surface area contributed by atoms with Crippen molar-refractivity contribution in [2.45, 2.75) is 32.2 Å². The number of amides is 1.